The van der Waals surface area contributed by atoms with Crippen LogP contribution in [0.2, 0.25) is 5.02 Å². The second kappa shape index (κ2) is 5.23. The summed E-state index contributed by atoms with van der Waals surface area (Å²) in [6, 6.07) is 5.01. The molecule has 1 aliphatic heterocycles. The molecule has 1 saturated heterocycles. The van der Waals surface area contributed by atoms with Crippen LogP contribution in [0.25, 0.3) is 0 Å². The van der Waals surface area contributed by atoms with Crippen molar-refractivity contribution in [1.29, 1.82) is 0 Å². The van der Waals surface area contributed by atoms with Gasteiger partial charge in [-0.15, -0.1) is 0 Å². The van der Waals surface area contributed by atoms with E-state index in [9.17, 15) is 0 Å². The molecule has 1 aliphatic rings. The highest BCUT2D eigenvalue weighted by atomic mass is 35.5. The minimum absolute atomic E-state index is 0.0933. The van der Waals surface area contributed by atoms with E-state index < -0.39 is 6.04 Å². The molecule has 17 heavy (non-hydrogen) atoms. The lowest BCUT2D eigenvalue weighted by molar-refractivity contribution is 0.0389. The van der Waals surface area contributed by atoms with Crippen LogP contribution < -0.4 is 10.5 Å². The largest absolute Gasteiger partial charge is 0.486 e. The van der Waals surface area contributed by atoms with Gasteiger partial charge in [-0.25, -0.2) is 0 Å². The second-order valence-corrected chi connectivity index (χ2v) is 4.85. The highest BCUT2D eigenvalue weighted by Crippen LogP contribution is 2.29. The maximum absolute atomic E-state index is 8.97. The van der Waals surface area contributed by atoms with Crippen LogP contribution in [0.1, 0.15) is 11.6 Å². The molecular weight excluding hydrogens is 240 g/mol. The monoisotopic (exact) mass is 256 g/mol. The van der Waals surface area contributed by atoms with Gasteiger partial charge >= 0.3 is 0 Å². The number of aliphatic hydroxyl groups excluding tert-OH is 1. The molecular formula is C12H17ClN2O2. The molecule has 4 nitrogen and oxygen atoms in total. The molecule has 0 aliphatic carbocycles. The van der Waals surface area contributed by atoms with Gasteiger partial charge in [0.15, 0.2) is 0 Å². The zero-order valence-electron chi connectivity index (χ0n) is 9.77. The van der Waals surface area contributed by atoms with Gasteiger partial charge in [-0.2, -0.15) is 0 Å². The number of nitrogens with two attached hydrogens (primary N) is 1. The highest BCUT2D eigenvalue weighted by molar-refractivity contribution is 6.32. The quantitative estimate of drug-likeness (QED) is 0.845. The summed E-state index contributed by atoms with van der Waals surface area (Å²) in [6.45, 7) is 1.76. The Balaban J connectivity index is 2.04. The fourth-order valence-electron chi connectivity index (χ4n) is 1.84. The van der Waals surface area contributed by atoms with Crippen molar-refractivity contribution in [3.8, 4) is 5.75 Å². The number of hydrogen-bond acceptors (Lipinski definition) is 4. The number of aliphatic hydroxyl groups is 1. The lowest BCUT2D eigenvalue weighted by Crippen LogP contribution is -2.51. The molecule has 1 aromatic carbocycles. The Hall–Kier alpha value is -0.810. The van der Waals surface area contributed by atoms with Gasteiger partial charge in [0, 0.05) is 13.1 Å². The standard InChI is InChI=1S/C12H17ClN2O2/c1-15-5-9(6-15)17-12-3-2-8(4-10(12)13)11(14)7-16/h2-4,9,11,16H,5-7,14H2,1H3. The summed E-state index contributed by atoms with van der Waals surface area (Å²) in [6.07, 6.45) is 0.217. The van der Waals surface area contributed by atoms with Crippen molar-refractivity contribution in [2.45, 2.75) is 12.1 Å². The third-order valence-electron chi connectivity index (χ3n) is 2.91. The predicted molar refractivity (Wildman–Crippen MR) is 67.4 cm³/mol. The second-order valence-electron chi connectivity index (χ2n) is 4.44. The third kappa shape index (κ3) is 2.90. The molecule has 94 valence electrons. The molecule has 0 spiro atoms. The molecule has 1 fully saturated rings. The molecule has 3 N–H and O–H groups in total. The van der Waals surface area contributed by atoms with Crippen LogP contribution in [0.5, 0.6) is 5.75 Å². The highest BCUT2D eigenvalue weighted by Gasteiger charge is 2.25. The Bertz CT molecular complexity index is 394. The van der Waals surface area contributed by atoms with Crippen molar-refractivity contribution in [2.24, 2.45) is 5.73 Å². The number of likely N-dealkylation sites (tertiary alicyclic amines) is 1. The number of benzene rings is 1. The Labute approximate surface area is 106 Å². The minimum atomic E-state index is -0.392. The summed E-state index contributed by atoms with van der Waals surface area (Å²) in [4.78, 5) is 2.18. The normalized spacial score (nSPS) is 18.8. The fraction of sp³-hybridized carbons (Fsp3) is 0.500. The molecule has 5 heteroatoms. The predicted octanol–water partition coefficient (Wildman–Crippen LogP) is 1.02. The number of ether oxygens (including phenoxy) is 1. The molecule has 0 aromatic heterocycles. The summed E-state index contributed by atoms with van der Waals surface area (Å²) in [7, 11) is 2.05. The van der Waals surface area contributed by atoms with Gasteiger partial charge in [0.2, 0.25) is 0 Å². The Morgan fingerprint density at radius 1 is 1.59 bits per heavy atom. The van der Waals surface area contributed by atoms with E-state index >= 15 is 0 Å². The van der Waals surface area contributed by atoms with E-state index in [0.29, 0.717) is 10.8 Å². The summed E-state index contributed by atoms with van der Waals surface area (Å²) in [5.74, 6) is 0.679. The van der Waals surface area contributed by atoms with Gasteiger partial charge < -0.3 is 15.6 Å². The van der Waals surface area contributed by atoms with E-state index in [0.717, 1.165) is 18.7 Å². The number of hydrogen-bond donors (Lipinski definition) is 2. The van der Waals surface area contributed by atoms with E-state index in [1.807, 2.05) is 19.2 Å². The van der Waals surface area contributed by atoms with Crippen LogP contribution in [0, 0.1) is 0 Å². The van der Waals surface area contributed by atoms with Crippen LogP contribution >= 0.6 is 11.6 Å². The van der Waals surface area contributed by atoms with Crippen molar-refractivity contribution in [3.63, 3.8) is 0 Å². The number of likely N-dealkylation sites (N-methyl/N-ethyl adjacent to an activating group) is 1. The van der Waals surface area contributed by atoms with Gasteiger partial charge in [-0.1, -0.05) is 17.7 Å². The van der Waals surface area contributed by atoms with Gasteiger partial charge in [-0.3, -0.25) is 4.90 Å². The van der Waals surface area contributed by atoms with E-state index in [1.54, 1.807) is 6.07 Å². The van der Waals surface area contributed by atoms with E-state index in [1.165, 1.54) is 0 Å². The maximum atomic E-state index is 8.97. The van der Waals surface area contributed by atoms with Crippen molar-refractivity contribution in [3.05, 3.63) is 28.8 Å². The smallest absolute Gasteiger partial charge is 0.138 e. The summed E-state index contributed by atoms with van der Waals surface area (Å²) >= 11 is 6.12. The molecule has 0 bridgehead atoms. The summed E-state index contributed by atoms with van der Waals surface area (Å²) in [5.41, 5.74) is 6.53. The molecule has 1 unspecified atom stereocenters. The lowest BCUT2D eigenvalue weighted by atomic mass is 10.1. The van der Waals surface area contributed by atoms with Crippen LogP contribution in [0.4, 0.5) is 0 Å². The average molecular weight is 257 g/mol. The molecule has 1 atom stereocenters. The topological polar surface area (TPSA) is 58.7 Å². The molecule has 0 amide bonds. The average Bonchev–Trinajstić information content (AvgIpc) is 2.28. The first kappa shape index (κ1) is 12.6. The molecule has 0 saturated carbocycles. The zero-order valence-corrected chi connectivity index (χ0v) is 10.5. The number of halogens is 1. The van der Waals surface area contributed by atoms with Crippen molar-refractivity contribution in [1.82, 2.24) is 4.90 Å². The molecule has 1 aromatic rings. The van der Waals surface area contributed by atoms with Gasteiger partial charge in [0.25, 0.3) is 0 Å². The number of nitrogens with zero attached hydrogens (tertiary/aromatic N) is 1. The van der Waals surface area contributed by atoms with Crippen LogP contribution in [0.3, 0.4) is 0 Å². The van der Waals surface area contributed by atoms with Crippen molar-refractivity contribution < 1.29 is 9.84 Å². The van der Waals surface area contributed by atoms with Gasteiger partial charge in [0.1, 0.15) is 11.9 Å². The van der Waals surface area contributed by atoms with Crippen molar-refractivity contribution >= 4 is 11.6 Å². The first-order valence-corrected chi connectivity index (χ1v) is 5.99. The Morgan fingerprint density at radius 2 is 2.29 bits per heavy atom. The lowest BCUT2D eigenvalue weighted by Gasteiger charge is -2.36. The van der Waals surface area contributed by atoms with Gasteiger partial charge in [-0.05, 0) is 24.7 Å². The van der Waals surface area contributed by atoms with Crippen LogP contribution in [-0.4, -0.2) is 42.9 Å². The third-order valence-corrected chi connectivity index (χ3v) is 3.20. The van der Waals surface area contributed by atoms with Crippen molar-refractivity contribution in [2.75, 3.05) is 26.7 Å². The fourth-order valence-corrected chi connectivity index (χ4v) is 2.08. The first-order valence-electron chi connectivity index (χ1n) is 5.61. The van der Waals surface area contributed by atoms with E-state index in [2.05, 4.69) is 4.90 Å². The SMILES string of the molecule is CN1CC(Oc2ccc(C(N)CO)cc2Cl)C1. The maximum Gasteiger partial charge on any atom is 0.138 e. The molecule has 2 rings (SSSR count). The Morgan fingerprint density at radius 3 is 2.82 bits per heavy atom. The molecule has 1 heterocycles. The van der Waals surface area contributed by atoms with Gasteiger partial charge in [0.05, 0.1) is 17.7 Å². The Kier molecular flexibility index (Phi) is 3.89. The molecule has 0 radical (unpaired) electrons. The summed E-state index contributed by atoms with van der Waals surface area (Å²) in [5, 5.41) is 9.51. The summed E-state index contributed by atoms with van der Waals surface area (Å²) < 4.78 is 5.74. The van der Waals surface area contributed by atoms with Crippen LogP contribution in [0.15, 0.2) is 18.2 Å². The number of rotatable bonds is 4. The minimum Gasteiger partial charge on any atom is -0.486 e. The van der Waals surface area contributed by atoms with E-state index in [4.69, 9.17) is 27.2 Å². The van der Waals surface area contributed by atoms with E-state index in [-0.39, 0.29) is 12.7 Å². The first-order chi connectivity index (χ1) is 8.10. The zero-order chi connectivity index (χ0) is 12.4. The van der Waals surface area contributed by atoms with Crippen LogP contribution in [-0.2, 0) is 0 Å².